The summed E-state index contributed by atoms with van der Waals surface area (Å²) < 4.78 is 3.32. The fraction of sp³-hybridized carbons (Fsp3) is 0.0909. The summed E-state index contributed by atoms with van der Waals surface area (Å²) in [4.78, 5) is 19.0. The molecule has 0 fully saturated rings. The zero-order valence-corrected chi connectivity index (χ0v) is 9.48. The first-order valence-corrected chi connectivity index (χ1v) is 5.20. The van der Waals surface area contributed by atoms with Crippen LogP contribution in [0.2, 0.25) is 0 Å². The van der Waals surface area contributed by atoms with Crippen molar-refractivity contribution < 1.29 is 9.90 Å². The molecule has 90 valence electrons. The number of nitrogens with zero attached hydrogens (tertiary/aromatic N) is 5. The van der Waals surface area contributed by atoms with Crippen LogP contribution in [0.3, 0.4) is 0 Å². The van der Waals surface area contributed by atoms with E-state index in [2.05, 4.69) is 15.1 Å². The molecule has 7 nitrogen and oxygen atoms in total. The van der Waals surface area contributed by atoms with Crippen LogP contribution in [0.15, 0.2) is 31.0 Å². The predicted molar refractivity (Wildman–Crippen MR) is 62.1 cm³/mol. The van der Waals surface area contributed by atoms with E-state index in [1.54, 1.807) is 21.5 Å². The van der Waals surface area contributed by atoms with Gasteiger partial charge in [0.05, 0.1) is 18.1 Å². The third-order valence-corrected chi connectivity index (χ3v) is 2.56. The first-order valence-electron chi connectivity index (χ1n) is 5.20. The summed E-state index contributed by atoms with van der Waals surface area (Å²) in [5.74, 6) is -1.05. The summed E-state index contributed by atoms with van der Waals surface area (Å²) in [6, 6.07) is 0. The van der Waals surface area contributed by atoms with Crippen LogP contribution >= 0.6 is 0 Å². The van der Waals surface area contributed by atoms with Gasteiger partial charge in [-0.2, -0.15) is 5.10 Å². The maximum Gasteiger partial charge on any atom is 0.356 e. The molecule has 1 N–H and O–H groups in total. The summed E-state index contributed by atoms with van der Waals surface area (Å²) in [5, 5.41) is 12.9. The van der Waals surface area contributed by atoms with E-state index in [1.165, 1.54) is 12.4 Å². The molecule has 0 aromatic carbocycles. The molecule has 0 unspecified atom stereocenters. The number of aromatic carboxylic acids is 1. The highest BCUT2D eigenvalue weighted by atomic mass is 16.4. The Balaban J connectivity index is 2.13. The Morgan fingerprint density at radius 2 is 2.11 bits per heavy atom. The molecule has 0 radical (unpaired) electrons. The molecule has 0 atom stereocenters. The molecule has 3 aromatic rings. The lowest BCUT2D eigenvalue weighted by atomic mass is 10.3. The van der Waals surface area contributed by atoms with Crippen molar-refractivity contribution in [2.75, 3.05) is 0 Å². The Bertz CT molecular complexity index is 743. The zero-order valence-electron chi connectivity index (χ0n) is 9.48. The average Bonchev–Trinajstić information content (AvgIpc) is 2.93. The number of imidazole rings is 1. The van der Waals surface area contributed by atoms with Crippen molar-refractivity contribution in [2.45, 2.75) is 0 Å². The minimum absolute atomic E-state index is 0.000127. The van der Waals surface area contributed by atoms with Gasteiger partial charge in [-0.1, -0.05) is 0 Å². The van der Waals surface area contributed by atoms with Gasteiger partial charge in [0, 0.05) is 31.2 Å². The molecule has 0 aliphatic rings. The van der Waals surface area contributed by atoms with E-state index in [-0.39, 0.29) is 5.69 Å². The summed E-state index contributed by atoms with van der Waals surface area (Å²) in [6.07, 6.45) is 8.26. The van der Waals surface area contributed by atoms with Crippen molar-refractivity contribution in [1.29, 1.82) is 0 Å². The van der Waals surface area contributed by atoms with Crippen molar-refractivity contribution in [3.63, 3.8) is 0 Å². The fourth-order valence-corrected chi connectivity index (χ4v) is 1.70. The van der Waals surface area contributed by atoms with Gasteiger partial charge in [0.1, 0.15) is 0 Å². The number of carboxylic acids is 1. The lowest BCUT2D eigenvalue weighted by Crippen LogP contribution is -1.94. The molecule has 0 saturated heterocycles. The molecule has 0 aliphatic heterocycles. The summed E-state index contributed by atoms with van der Waals surface area (Å²) in [5.41, 5.74) is 2.08. The number of aromatic nitrogens is 5. The van der Waals surface area contributed by atoms with Crippen molar-refractivity contribution in [3.8, 4) is 11.3 Å². The van der Waals surface area contributed by atoms with Crippen molar-refractivity contribution in [1.82, 2.24) is 24.1 Å². The Morgan fingerprint density at radius 1 is 1.28 bits per heavy atom. The monoisotopic (exact) mass is 243 g/mol. The van der Waals surface area contributed by atoms with Crippen LogP contribution in [-0.2, 0) is 7.05 Å². The molecule has 0 amide bonds. The highest BCUT2D eigenvalue weighted by Crippen LogP contribution is 2.16. The quantitative estimate of drug-likeness (QED) is 0.720. The molecule has 0 bridgehead atoms. The normalized spacial score (nSPS) is 10.9. The molecular weight excluding hydrogens is 234 g/mol. The van der Waals surface area contributed by atoms with Gasteiger partial charge in [0.2, 0.25) is 0 Å². The van der Waals surface area contributed by atoms with E-state index in [0.717, 1.165) is 5.56 Å². The van der Waals surface area contributed by atoms with E-state index < -0.39 is 5.97 Å². The van der Waals surface area contributed by atoms with Crippen molar-refractivity contribution in [2.24, 2.45) is 7.05 Å². The lowest BCUT2D eigenvalue weighted by Gasteiger charge is -1.97. The van der Waals surface area contributed by atoms with Crippen LogP contribution in [0, 0.1) is 0 Å². The molecule has 3 heterocycles. The molecule has 18 heavy (non-hydrogen) atoms. The zero-order chi connectivity index (χ0) is 12.7. The summed E-state index contributed by atoms with van der Waals surface area (Å²) >= 11 is 0. The standard InChI is InChI=1S/C11H9N5O2/c1-15-4-7(2-13-15)8-5-16-6-9(11(17)18)14-10(16)3-12-8/h2-6H,1H3,(H,17,18). The number of rotatable bonds is 2. The van der Waals surface area contributed by atoms with Crippen LogP contribution < -0.4 is 0 Å². The van der Waals surface area contributed by atoms with Crippen LogP contribution in [0.1, 0.15) is 10.5 Å². The number of carbonyl (C=O) groups is 1. The second-order valence-corrected chi connectivity index (χ2v) is 3.87. The van der Waals surface area contributed by atoms with Gasteiger partial charge in [-0.05, 0) is 0 Å². The second kappa shape index (κ2) is 3.66. The Labute approximate surface area is 101 Å². The summed E-state index contributed by atoms with van der Waals surface area (Å²) in [6.45, 7) is 0. The van der Waals surface area contributed by atoms with E-state index in [4.69, 9.17) is 5.11 Å². The van der Waals surface area contributed by atoms with Gasteiger partial charge in [0.25, 0.3) is 0 Å². The minimum atomic E-state index is -1.05. The third-order valence-electron chi connectivity index (χ3n) is 2.56. The molecule has 7 heteroatoms. The van der Waals surface area contributed by atoms with Crippen molar-refractivity contribution in [3.05, 3.63) is 36.7 Å². The Hall–Kier alpha value is -2.70. The maximum absolute atomic E-state index is 10.8. The number of carboxylic acid groups (broad SMARTS) is 1. The van der Waals surface area contributed by atoms with Gasteiger partial charge < -0.3 is 9.51 Å². The number of aryl methyl sites for hydroxylation is 1. The molecule has 0 spiro atoms. The number of hydrogen-bond acceptors (Lipinski definition) is 4. The fourth-order valence-electron chi connectivity index (χ4n) is 1.70. The predicted octanol–water partition coefficient (Wildman–Crippen LogP) is 0.828. The number of fused-ring (bicyclic) bond motifs is 1. The van der Waals surface area contributed by atoms with Crippen LogP contribution in [-0.4, -0.2) is 35.2 Å². The molecule has 3 rings (SSSR count). The van der Waals surface area contributed by atoms with Crippen molar-refractivity contribution >= 4 is 11.6 Å². The maximum atomic E-state index is 10.8. The van der Waals surface area contributed by atoms with Crippen LogP contribution in [0.4, 0.5) is 0 Å². The van der Waals surface area contributed by atoms with Crippen LogP contribution in [0.5, 0.6) is 0 Å². The van der Waals surface area contributed by atoms with Gasteiger partial charge in [-0.25, -0.2) is 9.78 Å². The van der Waals surface area contributed by atoms with E-state index in [0.29, 0.717) is 11.3 Å². The first-order chi connectivity index (χ1) is 8.63. The van der Waals surface area contributed by atoms with E-state index >= 15 is 0 Å². The second-order valence-electron chi connectivity index (χ2n) is 3.87. The van der Waals surface area contributed by atoms with Gasteiger partial charge in [-0.3, -0.25) is 9.67 Å². The number of hydrogen-bond donors (Lipinski definition) is 1. The lowest BCUT2D eigenvalue weighted by molar-refractivity contribution is 0.0691. The summed E-state index contributed by atoms with van der Waals surface area (Å²) in [7, 11) is 1.82. The Kier molecular flexibility index (Phi) is 2.12. The SMILES string of the molecule is Cn1cc(-c2cn3cc(C(=O)O)nc3cn2)cn1. The largest absolute Gasteiger partial charge is 0.476 e. The Morgan fingerprint density at radius 3 is 2.78 bits per heavy atom. The molecular formula is C11H9N5O2. The average molecular weight is 243 g/mol. The molecule has 3 aromatic heterocycles. The first kappa shape index (κ1) is 10.5. The van der Waals surface area contributed by atoms with E-state index in [9.17, 15) is 4.79 Å². The highest BCUT2D eigenvalue weighted by molar-refractivity contribution is 5.86. The van der Waals surface area contributed by atoms with Gasteiger partial charge in [-0.15, -0.1) is 0 Å². The topological polar surface area (TPSA) is 85.3 Å². The molecule has 0 saturated carbocycles. The van der Waals surface area contributed by atoms with Gasteiger partial charge in [0.15, 0.2) is 11.3 Å². The van der Waals surface area contributed by atoms with E-state index in [1.807, 2.05) is 13.2 Å². The smallest absolute Gasteiger partial charge is 0.356 e. The minimum Gasteiger partial charge on any atom is -0.476 e. The van der Waals surface area contributed by atoms with Crippen LogP contribution in [0.25, 0.3) is 16.9 Å². The molecule has 0 aliphatic carbocycles. The third kappa shape index (κ3) is 1.61. The highest BCUT2D eigenvalue weighted by Gasteiger charge is 2.10. The van der Waals surface area contributed by atoms with Gasteiger partial charge >= 0.3 is 5.97 Å².